The highest BCUT2D eigenvalue weighted by molar-refractivity contribution is 5.89. The lowest BCUT2D eigenvalue weighted by Crippen LogP contribution is -2.39. The average molecular weight is 324 g/mol. The van der Waals surface area contributed by atoms with E-state index in [2.05, 4.69) is 20.5 Å². The van der Waals surface area contributed by atoms with E-state index in [1.54, 1.807) is 0 Å². The van der Waals surface area contributed by atoms with Gasteiger partial charge in [0.2, 0.25) is 0 Å². The van der Waals surface area contributed by atoms with E-state index in [9.17, 15) is 4.79 Å². The standard InChI is InChI=1S/C19H24N4O/c1-15-3-2-4-17(13-15)22-19(24)21-14-16-7-11-23(12-8-16)18-5-9-20-10-6-18/h2-6,9-10,13,16H,7-8,11-12,14H2,1H3,(H2,21,22,24). The van der Waals surface area contributed by atoms with Crippen LogP contribution in [0.25, 0.3) is 0 Å². The third-order valence-electron chi connectivity index (χ3n) is 4.47. The number of urea groups is 1. The summed E-state index contributed by atoms with van der Waals surface area (Å²) in [6.45, 7) is 4.78. The quantitative estimate of drug-likeness (QED) is 0.906. The van der Waals surface area contributed by atoms with Crippen molar-refractivity contribution in [1.82, 2.24) is 10.3 Å². The van der Waals surface area contributed by atoms with Crippen molar-refractivity contribution in [2.24, 2.45) is 5.92 Å². The molecule has 2 aromatic rings. The van der Waals surface area contributed by atoms with Crippen LogP contribution < -0.4 is 15.5 Å². The summed E-state index contributed by atoms with van der Waals surface area (Å²) in [5.41, 5.74) is 3.20. The molecule has 0 saturated carbocycles. The van der Waals surface area contributed by atoms with Gasteiger partial charge in [0.05, 0.1) is 0 Å². The number of hydrogen-bond donors (Lipinski definition) is 2. The van der Waals surface area contributed by atoms with Crippen LogP contribution in [0.2, 0.25) is 0 Å². The molecule has 1 aliphatic heterocycles. The van der Waals surface area contributed by atoms with Crippen molar-refractivity contribution in [2.75, 3.05) is 29.9 Å². The summed E-state index contributed by atoms with van der Waals surface area (Å²) in [5, 5.41) is 5.89. The monoisotopic (exact) mass is 324 g/mol. The van der Waals surface area contributed by atoms with E-state index in [1.165, 1.54) is 5.69 Å². The molecular weight excluding hydrogens is 300 g/mol. The predicted molar refractivity (Wildman–Crippen MR) is 97.4 cm³/mol. The van der Waals surface area contributed by atoms with Crippen LogP contribution in [-0.2, 0) is 0 Å². The Bertz CT molecular complexity index is 666. The molecule has 1 aromatic carbocycles. The number of aryl methyl sites for hydroxylation is 1. The maximum atomic E-state index is 12.0. The van der Waals surface area contributed by atoms with Crippen molar-refractivity contribution in [3.63, 3.8) is 0 Å². The molecule has 0 atom stereocenters. The molecule has 1 aromatic heterocycles. The van der Waals surface area contributed by atoms with Gasteiger partial charge in [-0.15, -0.1) is 0 Å². The van der Waals surface area contributed by atoms with Crippen molar-refractivity contribution in [2.45, 2.75) is 19.8 Å². The fraction of sp³-hybridized carbons (Fsp3) is 0.368. The molecule has 0 spiro atoms. The van der Waals surface area contributed by atoms with Crippen LogP contribution in [0.15, 0.2) is 48.8 Å². The number of rotatable bonds is 4. The first kappa shape index (κ1) is 16.3. The molecule has 0 aliphatic carbocycles. The lowest BCUT2D eigenvalue weighted by Gasteiger charge is -2.33. The minimum Gasteiger partial charge on any atom is -0.371 e. The zero-order chi connectivity index (χ0) is 16.8. The number of pyridine rings is 1. The Morgan fingerprint density at radius 3 is 2.67 bits per heavy atom. The summed E-state index contributed by atoms with van der Waals surface area (Å²) < 4.78 is 0. The van der Waals surface area contributed by atoms with Gasteiger partial charge in [0.15, 0.2) is 0 Å². The van der Waals surface area contributed by atoms with E-state index >= 15 is 0 Å². The number of nitrogens with one attached hydrogen (secondary N) is 2. The maximum Gasteiger partial charge on any atom is 0.319 e. The molecule has 1 saturated heterocycles. The molecule has 2 amide bonds. The molecule has 3 rings (SSSR count). The Balaban J connectivity index is 1.41. The molecular formula is C19H24N4O. The van der Waals surface area contributed by atoms with Crippen molar-refractivity contribution in [1.29, 1.82) is 0 Å². The van der Waals surface area contributed by atoms with E-state index in [1.807, 2.05) is 55.7 Å². The van der Waals surface area contributed by atoms with Gasteiger partial charge >= 0.3 is 6.03 Å². The Labute approximate surface area is 143 Å². The number of aromatic nitrogens is 1. The molecule has 5 nitrogen and oxygen atoms in total. The predicted octanol–water partition coefficient (Wildman–Crippen LogP) is 3.43. The first-order valence-electron chi connectivity index (χ1n) is 8.47. The number of carbonyl (C=O) groups is 1. The largest absolute Gasteiger partial charge is 0.371 e. The van der Waals surface area contributed by atoms with Crippen LogP contribution in [-0.4, -0.2) is 30.6 Å². The molecule has 126 valence electrons. The summed E-state index contributed by atoms with van der Waals surface area (Å²) >= 11 is 0. The van der Waals surface area contributed by atoms with Gasteiger partial charge in [-0.2, -0.15) is 0 Å². The van der Waals surface area contributed by atoms with Crippen LogP contribution in [0.5, 0.6) is 0 Å². The molecule has 5 heteroatoms. The molecule has 0 bridgehead atoms. The second-order valence-corrected chi connectivity index (χ2v) is 6.34. The number of amides is 2. The fourth-order valence-corrected chi connectivity index (χ4v) is 3.09. The SMILES string of the molecule is Cc1cccc(NC(=O)NCC2CCN(c3ccncc3)CC2)c1. The first-order chi connectivity index (χ1) is 11.7. The summed E-state index contributed by atoms with van der Waals surface area (Å²) in [4.78, 5) is 18.5. The van der Waals surface area contributed by atoms with Gasteiger partial charge in [-0.25, -0.2) is 4.79 Å². The van der Waals surface area contributed by atoms with Gasteiger partial charge < -0.3 is 15.5 Å². The van der Waals surface area contributed by atoms with Crippen molar-refractivity contribution in [3.05, 3.63) is 54.4 Å². The Morgan fingerprint density at radius 1 is 1.21 bits per heavy atom. The number of benzene rings is 1. The number of nitrogens with zero attached hydrogens (tertiary/aromatic N) is 2. The van der Waals surface area contributed by atoms with Crippen LogP contribution >= 0.6 is 0 Å². The van der Waals surface area contributed by atoms with Crippen molar-refractivity contribution in [3.8, 4) is 0 Å². The number of hydrogen-bond acceptors (Lipinski definition) is 3. The molecule has 0 unspecified atom stereocenters. The van der Waals surface area contributed by atoms with Crippen molar-refractivity contribution < 1.29 is 4.79 Å². The van der Waals surface area contributed by atoms with Crippen LogP contribution in [0.1, 0.15) is 18.4 Å². The minimum atomic E-state index is -0.128. The maximum absolute atomic E-state index is 12.0. The summed E-state index contributed by atoms with van der Waals surface area (Å²) in [6.07, 6.45) is 5.84. The lowest BCUT2D eigenvalue weighted by atomic mass is 9.96. The van der Waals surface area contributed by atoms with Crippen LogP contribution in [0.4, 0.5) is 16.2 Å². The second kappa shape index (κ2) is 7.81. The topological polar surface area (TPSA) is 57.3 Å². The highest BCUT2D eigenvalue weighted by Gasteiger charge is 2.19. The van der Waals surface area contributed by atoms with E-state index in [4.69, 9.17) is 0 Å². The Kier molecular flexibility index (Phi) is 5.31. The normalized spacial score (nSPS) is 15.1. The zero-order valence-electron chi connectivity index (χ0n) is 14.0. The summed E-state index contributed by atoms with van der Waals surface area (Å²) in [7, 11) is 0. The van der Waals surface area contributed by atoms with Gasteiger partial charge in [-0.1, -0.05) is 12.1 Å². The highest BCUT2D eigenvalue weighted by atomic mass is 16.2. The van der Waals surface area contributed by atoms with Gasteiger partial charge in [-0.3, -0.25) is 4.98 Å². The fourth-order valence-electron chi connectivity index (χ4n) is 3.09. The molecule has 0 radical (unpaired) electrons. The smallest absolute Gasteiger partial charge is 0.319 e. The van der Waals surface area contributed by atoms with Crippen LogP contribution in [0.3, 0.4) is 0 Å². The second-order valence-electron chi connectivity index (χ2n) is 6.34. The van der Waals surface area contributed by atoms with E-state index in [-0.39, 0.29) is 6.03 Å². The molecule has 2 N–H and O–H groups in total. The van der Waals surface area contributed by atoms with Gasteiger partial charge in [-0.05, 0) is 55.5 Å². The molecule has 1 aliphatic rings. The number of anilines is 2. The lowest BCUT2D eigenvalue weighted by molar-refractivity contribution is 0.248. The summed E-state index contributed by atoms with van der Waals surface area (Å²) in [5.74, 6) is 0.534. The highest BCUT2D eigenvalue weighted by Crippen LogP contribution is 2.22. The molecule has 2 heterocycles. The zero-order valence-corrected chi connectivity index (χ0v) is 14.0. The van der Waals surface area contributed by atoms with Gasteiger partial charge in [0.25, 0.3) is 0 Å². The number of carbonyl (C=O) groups excluding carboxylic acids is 1. The third-order valence-corrected chi connectivity index (χ3v) is 4.47. The first-order valence-corrected chi connectivity index (χ1v) is 8.47. The Morgan fingerprint density at radius 2 is 1.96 bits per heavy atom. The minimum absolute atomic E-state index is 0.128. The molecule has 1 fully saturated rings. The average Bonchev–Trinajstić information content (AvgIpc) is 2.61. The number of piperidine rings is 1. The van der Waals surface area contributed by atoms with Crippen molar-refractivity contribution >= 4 is 17.4 Å². The van der Waals surface area contributed by atoms with Gasteiger partial charge in [0.1, 0.15) is 0 Å². The van der Waals surface area contributed by atoms with Crippen LogP contribution in [0, 0.1) is 12.8 Å². The summed E-state index contributed by atoms with van der Waals surface area (Å²) in [6, 6.07) is 11.8. The molecule has 24 heavy (non-hydrogen) atoms. The van der Waals surface area contributed by atoms with E-state index < -0.39 is 0 Å². The third kappa shape index (κ3) is 4.47. The van der Waals surface area contributed by atoms with Gasteiger partial charge in [0, 0.05) is 43.4 Å². The van der Waals surface area contributed by atoms with E-state index in [0.717, 1.165) is 43.7 Å². The van der Waals surface area contributed by atoms with E-state index in [0.29, 0.717) is 5.92 Å². The Hall–Kier alpha value is -2.56.